The van der Waals surface area contributed by atoms with Crippen molar-refractivity contribution >= 4 is 35.8 Å². The number of nitrogens with one attached hydrogen (secondary N) is 3. The molecule has 0 aromatic heterocycles. The number of amides is 1. The van der Waals surface area contributed by atoms with Gasteiger partial charge in [-0.25, -0.2) is 4.99 Å². The third kappa shape index (κ3) is 7.56. The SMILES string of the molecule is CCNC(=NCc1cccc(C#N)c1)NCCc1cccc(C(=O)NC)c1.I. The molecule has 0 radical (unpaired) electrons. The second-order valence-corrected chi connectivity index (χ2v) is 5.96. The van der Waals surface area contributed by atoms with Gasteiger partial charge in [-0.2, -0.15) is 5.26 Å². The van der Waals surface area contributed by atoms with Gasteiger partial charge in [0.1, 0.15) is 0 Å². The van der Waals surface area contributed by atoms with Gasteiger partial charge in [0.05, 0.1) is 18.2 Å². The van der Waals surface area contributed by atoms with E-state index in [0.717, 1.165) is 30.1 Å². The number of guanidine groups is 1. The number of benzene rings is 2. The average molecular weight is 491 g/mol. The van der Waals surface area contributed by atoms with E-state index < -0.39 is 0 Å². The lowest BCUT2D eigenvalue weighted by Crippen LogP contribution is -2.38. The Labute approximate surface area is 183 Å². The maximum absolute atomic E-state index is 11.7. The van der Waals surface area contributed by atoms with Crippen molar-refractivity contribution in [1.82, 2.24) is 16.0 Å². The Morgan fingerprint density at radius 1 is 1.11 bits per heavy atom. The standard InChI is InChI=1S/C21H25N5O.HI/c1-3-24-21(26-15-18-8-4-7-17(12-18)14-22)25-11-10-16-6-5-9-19(13-16)20(27)23-2;/h4-9,12-13H,3,10-11,15H2,1-2H3,(H,23,27)(H2,24,25,26);1H. The largest absolute Gasteiger partial charge is 0.357 e. The van der Waals surface area contributed by atoms with Gasteiger partial charge in [0.2, 0.25) is 0 Å². The predicted octanol–water partition coefficient (Wildman–Crippen LogP) is 2.83. The molecule has 0 aliphatic heterocycles. The second-order valence-electron chi connectivity index (χ2n) is 5.96. The fourth-order valence-corrected chi connectivity index (χ4v) is 2.59. The summed E-state index contributed by atoms with van der Waals surface area (Å²) in [5, 5.41) is 18.1. The minimum Gasteiger partial charge on any atom is -0.357 e. The quantitative estimate of drug-likeness (QED) is 0.316. The average Bonchev–Trinajstić information content (AvgIpc) is 2.71. The molecule has 28 heavy (non-hydrogen) atoms. The number of aliphatic imine (C=N–C) groups is 1. The van der Waals surface area contributed by atoms with Crippen molar-refractivity contribution in [2.75, 3.05) is 20.1 Å². The Bertz CT molecular complexity index is 845. The number of carbonyl (C=O) groups is 1. The van der Waals surface area contributed by atoms with E-state index in [1.807, 2.05) is 43.3 Å². The Hall–Kier alpha value is -2.60. The highest BCUT2D eigenvalue weighted by molar-refractivity contribution is 14.0. The first-order valence-corrected chi connectivity index (χ1v) is 8.98. The van der Waals surface area contributed by atoms with Crippen molar-refractivity contribution in [2.45, 2.75) is 19.9 Å². The van der Waals surface area contributed by atoms with Gasteiger partial charge in [0.15, 0.2) is 5.96 Å². The lowest BCUT2D eigenvalue weighted by Gasteiger charge is -2.12. The molecule has 0 bridgehead atoms. The number of nitrogens with zero attached hydrogens (tertiary/aromatic N) is 2. The van der Waals surface area contributed by atoms with E-state index in [4.69, 9.17) is 5.26 Å². The molecule has 1 amide bonds. The van der Waals surface area contributed by atoms with Gasteiger partial charge in [-0.1, -0.05) is 24.3 Å². The lowest BCUT2D eigenvalue weighted by atomic mass is 10.1. The number of halogens is 1. The van der Waals surface area contributed by atoms with Crippen molar-refractivity contribution < 1.29 is 4.79 Å². The monoisotopic (exact) mass is 491 g/mol. The Morgan fingerprint density at radius 2 is 1.86 bits per heavy atom. The van der Waals surface area contributed by atoms with Gasteiger partial charge in [-0.05, 0) is 48.7 Å². The molecule has 0 spiro atoms. The summed E-state index contributed by atoms with van der Waals surface area (Å²) in [7, 11) is 1.63. The molecule has 0 aliphatic rings. The van der Waals surface area contributed by atoms with Gasteiger partial charge >= 0.3 is 0 Å². The maximum atomic E-state index is 11.7. The molecule has 0 unspecified atom stereocenters. The molecule has 6 nitrogen and oxygen atoms in total. The first-order chi connectivity index (χ1) is 13.2. The van der Waals surface area contributed by atoms with Crippen LogP contribution in [0, 0.1) is 11.3 Å². The molecule has 0 aliphatic carbocycles. The third-order valence-corrected chi connectivity index (χ3v) is 3.94. The van der Waals surface area contributed by atoms with E-state index in [9.17, 15) is 4.79 Å². The topological polar surface area (TPSA) is 89.3 Å². The molecule has 0 saturated carbocycles. The minimum absolute atomic E-state index is 0. The number of carbonyl (C=O) groups excluding carboxylic acids is 1. The molecule has 2 aromatic carbocycles. The summed E-state index contributed by atoms with van der Waals surface area (Å²) in [5.41, 5.74) is 3.37. The van der Waals surface area contributed by atoms with Crippen molar-refractivity contribution in [2.24, 2.45) is 4.99 Å². The fourth-order valence-electron chi connectivity index (χ4n) is 2.59. The Kier molecular flexibility index (Phi) is 10.7. The molecule has 0 heterocycles. The number of nitriles is 1. The zero-order chi connectivity index (χ0) is 19.5. The van der Waals surface area contributed by atoms with E-state index in [1.165, 1.54) is 0 Å². The molecule has 148 valence electrons. The van der Waals surface area contributed by atoms with E-state index >= 15 is 0 Å². The summed E-state index contributed by atoms with van der Waals surface area (Å²) in [6.07, 6.45) is 0.777. The summed E-state index contributed by atoms with van der Waals surface area (Å²) in [4.78, 5) is 16.3. The molecule has 2 aromatic rings. The van der Waals surface area contributed by atoms with Crippen LogP contribution in [0.4, 0.5) is 0 Å². The third-order valence-electron chi connectivity index (χ3n) is 3.94. The first-order valence-electron chi connectivity index (χ1n) is 8.98. The highest BCUT2D eigenvalue weighted by Crippen LogP contribution is 2.07. The first kappa shape index (κ1) is 23.4. The zero-order valence-electron chi connectivity index (χ0n) is 16.2. The summed E-state index contributed by atoms with van der Waals surface area (Å²) < 4.78 is 0. The van der Waals surface area contributed by atoms with Gasteiger partial charge in [0.25, 0.3) is 5.91 Å². The van der Waals surface area contributed by atoms with Crippen molar-refractivity contribution in [1.29, 1.82) is 5.26 Å². The maximum Gasteiger partial charge on any atom is 0.251 e. The second kappa shape index (κ2) is 12.7. The van der Waals surface area contributed by atoms with Crippen molar-refractivity contribution in [3.05, 3.63) is 70.8 Å². The van der Waals surface area contributed by atoms with Crippen molar-refractivity contribution in [3.8, 4) is 6.07 Å². The van der Waals surface area contributed by atoms with E-state index in [2.05, 4.69) is 27.0 Å². The van der Waals surface area contributed by atoms with Crippen LogP contribution < -0.4 is 16.0 Å². The van der Waals surface area contributed by atoms with Crippen LogP contribution in [0.1, 0.15) is 34.0 Å². The fraction of sp³-hybridized carbons (Fsp3) is 0.286. The smallest absolute Gasteiger partial charge is 0.251 e. The van der Waals surface area contributed by atoms with Crippen LogP contribution in [0.15, 0.2) is 53.5 Å². The van der Waals surface area contributed by atoms with Crippen molar-refractivity contribution in [3.63, 3.8) is 0 Å². The van der Waals surface area contributed by atoms with Gasteiger partial charge in [-0.3, -0.25) is 4.79 Å². The molecule has 3 N–H and O–H groups in total. The van der Waals surface area contributed by atoms with Crippen LogP contribution in [0.5, 0.6) is 0 Å². The lowest BCUT2D eigenvalue weighted by molar-refractivity contribution is 0.0963. The van der Waals surface area contributed by atoms with E-state index in [-0.39, 0.29) is 29.9 Å². The molecule has 2 rings (SSSR count). The number of hydrogen-bond donors (Lipinski definition) is 3. The van der Waals surface area contributed by atoms with Crippen LogP contribution >= 0.6 is 24.0 Å². The normalized spacial score (nSPS) is 10.4. The van der Waals surface area contributed by atoms with Gasteiger partial charge in [0, 0.05) is 25.7 Å². The van der Waals surface area contributed by atoms with Crippen LogP contribution in [0.2, 0.25) is 0 Å². The number of hydrogen-bond acceptors (Lipinski definition) is 3. The summed E-state index contributed by atoms with van der Waals surface area (Å²) >= 11 is 0. The molecule has 0 saturated heterocycles. The van der Waals surface area contributed by atoms with Crippen LogP contribution in [0.3, 0.4) is 0 Å². The molecule has 0 atom stereocenters. The van der Waals surface area contributed by atoms with E-state index in [1.54, 1.807) is 19.2 Å². The highest BCUT2D eigenvalue weighted by Gasteiger charge is 2.04. The minimum atomic E-state index is -0.0840. The molecule has 7 heteroatoms. The van der Waals surface area contributed by atoms with Crippen LogP contribution in [-0.2, 0) is 13.0 Å². The summed E-state index contributed by atoms with van der Waals surface area (Å²) in [6, 6.07) is 17.2. The molecular formula is C21H26IN5O. The Morgan fingerprint density at radius 3 is 2.57 bits per heavy atom. The van der Waals surface area contributed by atoms with E-state index in [0.29, 0.717) is 24.2 Å². The van der Waals surface area contributed by atoms with Crippen LogP contribution in [-0.4, -0.2) is 32.0 Å². The van der Waals surface area contributed by atoms with Gasteiger partial charge in [-0.15, -0.1) is 24.0 Å². The molecular weight excluding hydrogens is 465 g/mol. The number of rotatable bonds is 7. The van der Waals surface area contributed by atoms with Gasteiger partial charge < -0.3 is 16.0 Å². The van der Waals surface area contributed by atoms with Crippen LogP contribution in [0.25, 0.3) is 0 Å². The molecule has 0 fully saturated rings. The summed E-state index contributed by atoms with van der Waals surface area (Å²) in [5.74, 6) is 0.640. The Balaban J connectivity index is 0.00000392. The summed E-state index contributed by atoms with van der Waals surface area (Å²) in [6.45, 7) is 3.97. The zero-order valence-corrected chi connectivity index (χ0v) is 18.5. The predicted molar refractivity (Wildman–Crippen MR) is 123 cm³/mol. The highest BCUT2D eigenvalue weighted by atomic mass is 127.